The van der Waals surface area contributed by atoms with Crippen LogP contribution < -0.4 is 5.32 Å². The molecule has 96 valence electrons. The van der Waals surface area contributed by atoms with Gasteiger partial charge < -0.3 is 15.5 Å². The van der Waals surface area contributed by atoms with Crippen LogP contribution in [0.4, 0.5) is 5.69 Å². The molecule has 4 nitrogen and oxygen atoms in total. The molecule has 1 aliphatic heterocycles. The zero-order valence-electron chi connectivity index (χ0n) is 9.88. The van der Waals surface area contributed by atoms with E-state index in [1.807, 2.05) is 6.07 Å². The maximum Gasteiger partial charge on any atom is 0.335 e. The standard InChI is InChI=1S/C14H11NO3S/c16-11-2-1-3-12-9(11)7-15-10-6-8(14(17)18)4-5-13(10)19-12/h1-6,15-16H,7H2,(H,17,18). The van der Waals surface area contributed by atoms with Gasteiger partial charge in [0.2, 0.25) is 0 Å². The van der Waals surface area contributed by atoms with Crippen molar-refractivity contribution in [1.82, 2.24) is 0 Å². The molecule has 0 aromatic heterocycles. The summed E-state index contributed by atoms with van der Waals surface area (Å²) >= 11 is 1.52. The van der Waals surface area contributed by atoms with Crippen molar-refractivity contribution < 1.29 is 15.0 Å². The molecule has 0 radical (unpaired) electrons. The van der Waals surface area contributed by atoms with Gasteiger partial charge in [-0.25, -0.2) is 4.79 Å². The second-order valence-electron chi connectivity index (χ2n) is 4.23. The molecule has 0 atom stereocenters. The molecule has 3 rings (SSSR count). The van der Waals surface area contributed by atoms with Gasteiger partial charge in [-0.2, -0.15) is 0 Å². The fourth-order valence-corrected chi connectivity index (χ4v) is 3.08. The van der Waals surface area contributed by atoms with E-state index in [2.05, 4.69) is 5.32 Å². The van der Waals surface area contributed by atoms with Crippen molar-refractivity contribution in [3.8, 4) is 5.75 Å². The Bertz CT molecular complexity index is 670. The summed E-state index contributed by atoms with van der Waals surface area (Å²) in [7, 11) is 0. The zero-order valence-corrected chi connectivity index (χ0v) is 10.7. The highest BCUT2D eigenvalue weighted by molar-refractivity contribution is 7.99. The number of rotatable bonds is 1. The lowest BCUT2D eigenvalue weighted by Gasteiger charge is -2.07. The Kier molecular flexibility index (Phi) is 2.83. The van der Waals surface area contributed by atoms with Gasteiger partial charge in [0.1, 0.15) is 5.75 Å². The van der Waals surface area contributed by atoms with Gasteiger partial charge in [0, 0.05) is 27.6 Å². The highest BCUT2D eigenvalue weighted by Crippen LogP contribution is 2.41. The number of nitrogens with one attached hydrogen (secondary N) is 1. The molecule has 0 spiro atoms. The number of carboxylic acids is 1. The maximum absolute atomic E-state index is 11.0. The molecular formula is C14H11NO3S. The van der Waals surface area contributed by atoms with Crippen molar-refractivity contribution >= 4 is 23.4 Å². The van der Waals surface area contributed by atoms with Crippen LogP contribution >= 0.6 is 11.8 Å². The minimum absolute atomic E-state index is 0.252. The second kappa shape index (κ2) is 4.51. The number of fused-ring (bicyclic) bond motifs is 2. The van der Waals surface area contributed by atoms with Crippen LogP contribution in [0.2, 0.25) is 0 Å². The van der Waals surface area contributed by atoms with E-state index in [0.29, 0.717) is 6.54 Å². The van der Waals surface area contributed by atoms with Crippen LogP contribution in [0.25, 0.3) is 0 Å². The Hall–Kier alpha value is -2.14. The van der Waals surface area contributed by atoms with Crippen molar-refractivity contribution in [2.75, 3.05) is 5.32 Å². The van der Waals surface area contributed by atoms with E-state index in [9.17, 15) is 9.90 Å². The molecular weight excluding hydrogens is 262 g/mol. The lowest BCUT2D eigenvalue weighted by molar-refractivity contribution is 0.0697. The number of phenolic OH excluding ortho intramolecular Hbond substituents is 1. The summed E-state index contributed by atoms with van der Waals surface area (Å²) in [6.07, 6.45) is 0. The van der Waals surface area contributed by atoms with E-state index in [0.717, 1.165) is 21.0 Å². The van der Waals surface area contributed by atoms with Crippen LogP contribution in [0, 0.1) is 0 Å². The number of aromatic hydroxyl groups is 1. The minimum atomic E-state index is -0.945. The molecule has 0 saturated heterocycles. The molecule has 0 amide bonds. The van der Waals surface area contributed by atoms with Crippen LogP contribution in [0.1, 0.15) is 15.9 Å². The van der Waals surface area contributed by atoms with Gasteiger partial charge in [-0.3, -0.25) is 0 Å². The number of carboxylic acid groups (broad SMARTS) is 1. The Labute approximate surface area is 114 Å². The van der Waals surface area contributed by atoms with Crippen LogP contribution in [-0.2, 0) is 6.54 Å². The van der Waals surface area contributed by atoms with Crippen LogP contribution in [0.15, 0.2) is 46.2 Å². The molecule has 0 fully saturated rings. The summed E-state index contributed by atoms with van der Waals surface area (Å²) in [5.74, 6) is -0.692. The summed E-state index contributed by atoms with van der Waals surface area (Å²) < 4.78 is 0. The van der Waals surface area contributed by atoms with Gasteiger partial charge in [0.05, 0.1) is 5.56 Å². The van der Waals surface area contributed by atoms with Gasteiger partial charge in [0.25, 0.3) is 0 Å². The molecule has 2 aromatic rings. The SMILES string of the molecule is O=C(O)c1ccc2c(c1)NCc1c(O)cccc1S2. The number of aromatic carboxylic acids is 1. The largest absolute Gasteiger partial charge is 0.508 e. The van der Waals surface area contributed by atoms with E-state index in [1.165, 1.54) is 11.8 Å². The van der Waals surface area contributed by atoms with Crippen molar-refractivity contribution in [1.29, 1.82) is 0 Å². The first kappa shape index (κ1) is 11.9. The van der Waals surface area contributed by atoms with E-state index in [4.69, 9.17) is 5.11 Å². The van der Waals surface area contributed by atoms with E-state index < -0.39 is 5.97 Å². The molecule has 1 aliphatic rings. The predicted molar refractivity (Wildman–Crippen MR) is 73.0 cm³/mol. The Morgan fingerprint density at radius 2 is 2.05 bits per heavy atom. The van der Waals surface area contributed by atoms with E-state index in [-0.39, 0.29) is 11.3 Å². The van der Waals surface area contributed by atoms with Gasteiger partial charge in [-0.05, 0) is 30.3 Å². The van der Waals surface area contributed by atoms with E-state index >= 15 is 0 Å². The average molecular weight is 273 g/mol. The van der Waals surface area contributed by atoms with Gasteiger partial charge >= 0.3 is 5.97 Å². The van der Waals surface area contributed by atoms with Crippen LogP contribution in [0.3, 0.4) is 0 Å². The fraction of sp³-hybridized carbons (Fsp3) is 0.0714. The first-order chi connectivity index (χ1) is 9.15. The van der Waals surface area contributed by atoms with Crippen LogP contribution in [-0.4, -0.2) is 16.2 Å². The molecule has 0 unspecified atom stereocenters. The summed E-state index contributed by atoms with van der Waals surface area (Å²) in [5, 5.41) is 22.0. The number of hydrogen-bond donors (Lipinski definition) is 3. The molecule has 0 saturated carbocycles. The van der Waals surface area contributed by atoms with Crippen molar-refractivity contribution in [3.63, 3.8) is 0 Å². The molecule has 5 heteroatoms. The number of hydrogen-bond acceptors (Lipinski definition) is 4. The lowest BCUT2D eigenvalue weighted by atomic mass is 10.1. The van der Waals surface area contributed by atoms with Crippen molar-refractivity contribution in [2.45, 2.75) is 16.3 Å². The van der Waals surface area contributed by atoms with Crippen LogP contribution in [0.5, 0.6) is 5.75 Å². The third kappa shape index (κ3) is 2.13. The molecule has 0 aliphatic carbocycles. The Morgan fingerprint density at radius 1 is 1.21 bits per heavy atom. The number of carbonyl (C=O) groups is 1. The molecule has 19 heavy (non-hydrogen) atoms. The summed E-state index contributed by atoms with van der Waals surface area (Å²) in [6.45, 7) is 0.477. The third-order valence-electron chi connectivity index (χ3n) is 3.01. The molecule has 0 bridgehead atoms. The Morgan fingerprint density at radius 3 is 2.84 bits per heavy atom. The normalized spacial score (nSPS) is 12.8. The number of phenols is 1. The highest BCUT2D eigenvalue weighted by Gasteiger charge is 2.17. The fourth-order valence-electron chi connectivity index (χ4n) is 2.02. The first-order valence-corrected chi connectivity index (χ1v) is 6.57. The number of anilines is 1. The molecule has 3 N–H and O–H groups in total. The average Bonchev–Trinajstić information content (AvgIpc) is 2.57. The first-order valence-electron chi connectivity index (χ1n) is 5.75. The highest BCUT2D eigenvalue weighted by atomic mass is 32.2. The van der Waals surface area contributed by atoms with Crippen molar-refractivity contribution in [3.05, 3.63) is 47.5 Å². The van der Waals surface area contributed by atoms with Gasteiger partial charge in [-0.15, -0.1) is 0 Å². The summed E-state index contributed by atoms with van der Waals surface area (Å²) in [5.41, 5.74) is 1.86. The number of benzene rings is 2. The van der Waals surface area contributed by atoms with E-state index in [1.54, 1.807) is 30.3 Å². The predicted octanol–water partition coefficient (Wildman–Crippen LogP) is 3.17. The van der Waals surface area contributed by atoms with Gasteiger partial charge in [-0.1, -0.05) is 17.8 Å². The van der Waals surface area contributed by atoms with Crippen molar-refractivity contribution in [2.24, 2.45) is 0 Å². The summed E-state index contributed by atoms with van der Waals surface area (Å²) in [6, 6.07) is 10.4. The molecule has 1 heterocycles. The lowest BCUT2D eigenvalue weighted by Crippen LogP contribution is -2.02. The smallest absolute Gasteiger partial charge is 0.335 e. The third-order valence-corrected chi connectivity index (χ3v) is 4.19. The second-order valence-corrected chi connectivity index (χ2v) is 5.31. The topological polar surface area (TPSA) is 69.6 Å². The quantitative estimate of drug-likeness (QED) is 0.744. The maximum atomic E-state index is 11.0. The monoisotopic (exact) mass is 273 g/mol. The Balaban J connectivity index is 2.06. The molecule has 2 aromatic carbocycles. The minimum Gasteiger partial charge on any atom is -0.508 e. The van der Waals surface area contributed by atoms with Gasteiger partial charge in [0.15, 0.2) is 0 Å². The zero-order chi connectivity index (χ0) is 13.4. The summed E-state index contributed by atoms with van der Waals surface area (Å²) in [4.78, 5) is 12.9.